The van der Waals surface area contributed by atoms with Gasteiger partial charge in [0.15, 0.2) is 11.0 Å². The number of thioether (sulfide) groups is 1. The van der Waals surface area contributed by atoms with E-state index in [9.17, 15) is 4.79 Å². The first-order valence-electron chi connectivity index (χ1n) is 9.66. The Morgan fingerprint density at radius 1 is 1.17 bits per heavy atom. The second-order valence-corrected chi connectivity index (χ2v) is 7.34. The molecule has 0 saturated carbocycles. The Morgan fingerprint density at radius 2 is 1.93 bits per heavy atom. The van der Waals surface area contributed by atoms with E-state index in [0.29, 0.717) is 11.7 Å². The van der Waals surface area contributed by atoms with Crippen LogP contribution in [-0.4, -0.2) is 38.0 Å². The van der Waals surface area contributed by atoms with E-state index in [1.54, 1.807) is 18.5 Å². The van der Waals surface area contributed by atoms with Gasteiger partial charge in [0.25, 0.3) is 0 Å². The van der Waals surface area contributed by atoms with Crippen LogP contribution in [0.2, 0.25) is 0 Å². The maximum atomic E-state index is 12.1. The molecule has 0 aliphatic heterocycles. The van der Waals surface area contributed by atoms with Crippen molar-refractivity contribution in [2.45, 2.75) is 31.8 Å². The van der Waals surface area contributed by atoms with Crippen LogP contribution in [0, 0.1) is 0 Å². The number of amides is 1. The van der Waals surface area contributed by atoms with Crippen LogP contribution in [0.25, 0.3) is 17.1 Å². The minimum atomic E-state index is -0.0631. The van der Waals surface area contributed by atoms with Gasteiger partial charge in [-0.15, -0.1) is 16.8 Å². The smallest absolute Gasteiger partial charge is 0.230 e. The van der Waals surface area contributed by atoms with Crippen molar-refractivity contribution in [1.29, 1.82) is 0 Å². The van der Waals surface area contributed by atoms with Crippen molar-refractivity contribution in [2.24, 2.45) is 0 Å². The summed E-state index contributed by atoms with van der Waals surface area (Å²) in [7, 11) is 0. The van der Waals surface area contributed by atoms with Crippen LogP contribution in [0.3, 0.4) is 0 Å². The molecule has 1 N–H and O–H groups in total. The van der Waals surface area contributed by atoms with Crippen LogP contribution in [0.15, 0.2) is 60.5 Å². The monoisotopic (exact) mass is 407 g/mol. The quantitative estimate of drug-likeness (QED) is 0.431. The summed E-state index contributed by atoms with van der Waals surface area (Å²) in [5.41, 5.74) is 4.41. The summed E-state index contributed by atoms with van der Waals surface area (Å²) in [6, 6.07) is 10.2. The highest BCUT2D eigenvalue weighted by atomic mass is 32.2. The van der Waals surface area contributed by atoms with Gasteiger partial charge in [-0.25, -0.2) is 0 Å². The highest BCUT2D eigenvalue weighted by molar-refractivity contribution is 7.99. The van der Waals surface area contributed by atoms with E-state index in [1.807, 2.05) is 12.1 Å². The minimum Gasteiger partial charge on any atom is -0.352 e. The molecular weight excluding hydrogens is 382 g/mol. The Balaban J connectivity index is 2.09. The van der Waals surface area contributed by atoms with Gasteiger partial charge in [0.05, 0.1) is 11.4 Å². The summed E-state index contributed by atoms with van der Waals surface area (Å²) in [6.45, 7) is 8.36. The third-order valence-electron chi connectivity index (χ3n) is 4.52. The van der Waals surface area contributed by atoms with Crippen LogP contribution < -0.4 is 5.32 Å². The molecule has 0 fully saturated rings. The normalized spacial score (nSPS) is 10.7. The average molecular weight is 408 g/mol. The van der Waals surface area contributed by atoms with E-state index in [2.05, 4.69) is 63.7 Å². The van der Waals surface area contributed by atoms with Gasteiger partial charge < -0.3 is 5.32 Å². The molecule has 1 amide bonds. The number of aromatic nitrogens is 4. The summed E-state index contributed by atoms with van der Waals surface area (Å²) >= 11 is 1.38. The number of carbonyl (C=O) groups excluding carboxylic acids is 1. The lowest BCUT2D eigenvalue weighted by Gasteiger charge is -2.17. The lowest BCUT2D eigenvalue weighted by molar-refractivity contribution is -0.118. The van der Waals surface area contributed by atoms with Gasteiger partial charge in [-0.3, -0.25) is 14.3 Å². The molecule has 0 aliphatic rings. The second-order valence-electron chi connectivity index (χ2n) is 6.40. The third-order valence-corrected chi connectivity index (χ3v) is 5.45. The number of nitrogens with one attached hydrogen (secondary N) is 1. The highest BCUT2D eigenvalue weighted by Crippen LogP contribution is 2.31. The molecule has 6 nitrogen and oxygen atoms in total. The van der Waals surface area contributed by atoms with E-state index in [4.69, 9.17) is 0 Å². The van der Waals surface area contributed by atoms with Crippen molar-refractivity contribution in [3.05, 3.63) is 66.5 Å². The molecule has 0 aliphatic carbocycles. The van der Waals surface area contributed by atoms with Crippen molar-refractivity contribution < 1.29 is 4.79 Å². The van der Waals surface area contributed by atoms with E-state index in [1.165, 1.54) is 22.9 Å². The number of benzene rings is 1. The van der Waals surface area contributed by atoms with Crippen LogP contribution in [0.4, 0.5) is 0 Å². The second kappa shape index (κ2) is 10.0. The van der Waals surface area contributed by atoms with Gasteiger partial charge in [0, 0.05) is 24.5 Å². The van der Waals surface area contributed by atoms with Gasteiger partial charge in [-0.2, -0.15) is 0 Å². The number of rotatable bonds is 9. The number of aryl methyl sites for hydroxylation is 2. The zero-order valence-electron chi connectivity index (χ0n) is 16.8. The highest BCUT2D eigenvalue weighted by Gasteiger charge is 2.21. The number of hydrogen-bond donors (Lipinski definition) is 1. The number of nitrogens with zero attached hydrogens (tertiary/aromatic N) is 4. The molecule has 0 bridgehead atoms. The third kappa shape index (κ3) is 4.74. The van der Waals surface area contributed by atoms with Crippen molar-refractivity contribution in [3.8, 4) is 17.1 Å². The summed E-state index contributed by atoms with van der Waals surface area (Å²) in [5.74, 6) is 0.920. The first kappa shape index (κ1) is 20.8. The average Bonchev–Trinajstić information content (AvgIpc) is 3.19. The maximum absolute atomic E-state index is 12.1. The molecule has 29 heavy (non-hydrogen) atoms. The fraction of sp³-hybridized carbons (Fsp3) is 0.273. The molecule has 0 unspecified atom stereocenters. The number of hydrogen-bond acceptors (Lipinski definition) is 5. The van der Waals surface area contributed by atoms with E-state index < -0.39 is 0 Å². The van der Waals surface area contributed by atoms with Gasteiger partial charge in [0.1, 0.15) is 0 Å². The first-order chi connectivity index (χ1) is 14.2. The largest absolute Gasteiger partial charge is 0.352 e. The number of pyridine rings is 1. The molecule has 7 heteroatoms. The van der Waals surface area contributed by atoms with Gasteiger partial charge in [-0.1, -0.05) is 49.9 Å². The molecular formula is C22H25N5OS. The molecule has 0 atom stereocenters. The fourth-order valence-electron chi connectivity index (χ4n) is 3.12. The van der Waals surface area contributed by atoms with E-state index in [-0.39, 0.29) is 11.7 Å². The molecule has 0 spiro atoms. The van der Waals surface area contributed by atoms with Gasteiger partial charge in [0.2, 0.25) is 5.91 Å². The maximum Gasteiger partial charge on any atom is 0.230 e. The van der Waals surface area contributed by atoms with Gasteiger partial charge >= 0.3 is 0 Å². The summed E-state index contributed by atoms with van der Waals surface area (Å²) < 4.78 is 2.07. The van der Waals surface area contributed by atoms with Crippen LogP contribution in [0.1, 0.15) is 25.0 Å². The Hall–Kier alpha value is -2.93. The van der Waals surface area contributed by atoms with Crippen molar-refractivity contribution in [2.75, 3.05) is 12.3 Å². The SMILES string of the molecule is C=CCNC(=O)CSc1nnc(-c2cccnc2)n1-c1c(CC)cccc1CC. The van der Waals surface area contributed by atoms with Crippen LogP contribution in [-0.2, 0) is 17.6 Å². The fourth-order valence-corrected chi connectivity index (χ4v) is 3.88. The predicted molar refractivity (Wildman–Crippen MR) is 117 cm³/mol. The van der Waals surface area contributed by atoms with Crippen LogP contribution >= 0.6 is 11.8 Å². The molecule has 3 aromatic rings. The zero-order valence-corrected chi connectivity index (χ0v) is 17.6. The minimum absolute atomic E-state index is 0.0631. The molecule has 0 radical (unpaired) electrons. The van der Waals surface area contributed by atoms with Crippen molar-refractivity contribution >= 4 is 17.7 Å². The Kier molecular flexibility index (Phi) is 7.19. The molecule has 2 aromatic heterocycles. The molecule has 2 heterocycles. The van der Waals surface area contributed by atoms with Crippen molar-refractivity contribution in [3.63, 3.8) is 0 Å². The molecule has 1 aromatic carbocycles. The Labute approximate surface area is 175 Å². The summed E-state index contributed by atoms with van der Waals surface area (Å²) in [5, 5.41) is 12.4. The lowest BCUT2D eigenvalue weighted by atomic mass is 10.0. The molecule has 0 saturated heterocycles. The summed E-state index contributed by atoms with van der Waals surface area (Å²) in [4.78, 5) is 16.3. The summed E-state index contributed by atoms with van der Waals surface area (Å²) in [6.07, 6.45) is 6.96. The zero-order chi connectivity index (χ0) is 20.6. The molecule has 150 valence electrons. The first-order valence-corrected chi connectivity index (χ1v) is 10.6. The lowest BCUT2D eigenvalue weighted by Crippen LogP contribution is -2.25. The van der Waals surface area contributed by atoms with E-state index in [0.717, 1.165) is 29.9 Å². The standard InChI is InChI=1S/C22H25N5OS/c1-4-12-24-19(28)15-29-22-26-25-21(18-11-8-13-23-14-18)27(22)20-16(5-2)9-7-10-17(20)6-3/h4,7-11,13-14H,1,5-6,12,15H2,2-3H3,(H,24,28). The van der Waals surface area contributed by atoms with Crippen LogP contribution in [0.5, 0.6) is 0 Å². The van der Waals surface area contributed by atoms with E-state index >= 15 is 0 Å². The topological polar surface area (TPSA) is 72.7 Å². The number of carbonyl (C=O) groups is 1. The molecule has 3 rings (SSSR count). The van der Waals surface area contributed by atoms with Crippen molar-refractivity contribution in [1.82, 2.24) is 25.1 Å². The Bertz CT molecular complexity index is 962. The number of para-hydroxylation sites is 1. The van der Waals surface area contributed by atoms with Gasteiger partial charge in [-0.05, 0) is 36.1 Å². The predicted octanol–water partition coefficient (Wildman–Crippen LogP) is 3.85. The Morgan fingerprint density at radius 3 is 2.55 bits per heavy atom.